The van der Waals surface area contributed by atoms with Crippen molar-refractivity contribution in [3.8, 4) is 29.1 Å². The molecular weight excluding hydrogens is 318 g/mol. The van der Waals surface area contributed by atoms with E-state index in [9.17, 15) is 5.11 Å². The molecule has 1 N–H and O–H groups in total. The molecule has 5 nitrogen and oxygen atoms in total. The SMILES string of the molecule is COc1c2c(cc3c1C(C#CC(C)(O)CC(C)C)N(C)CC3)OCO2. The van der Waals surface area contributed by atoms with Gasteiger partial charge in [-0.15, -0.1) is 0 Å². The lowest BCUT2D eigenvalue weighted by Crippen LogP contribution is -2.32. The first-order valence-corrected chi connectivity index (χ1v) is 8.77. The first-order chi connectivity index (χ1) is 11.8. The molecule has 1 aromatic carbocycles. The minimum absolute atomic E-state index is 0.146. The van der Waals surface area contributed by atoms with Gasteiger partial charge in [-0.25, -0.2) is 0 Å². The number of hydrogen-bond donors (Lipinski definition) is 1. The van der Waals surface area contributed by atoms with E-state index < -0.39 is 5.60 Å². The summed E-state index contributed by atoms with van der Waals surface area (Å²) in [5, 5.41) is 10.6. The normalized spacial score (nSPS) is 21.3. The average molecular weight is 345 g/mol. The standard InChI is InChI=1S/C20H27NO4/c1-13(2)11-20(3,22)8-6-15-17-14(7-9-21(15)4)10-16-18(19(17)23-5)25-12-24-16/h10,13,15,22H,7,9,11-12H2,1-5H3. The summed E-state index contributed by atoms with van der Waals surface area (Å²) in [7, 11) is 3.69. The maximum atomic E-state index is 10.6. The van der Waals surface area contributed by atoms with Gasteiger partial charge in [-0.2, -0.15) is 0 Å². The number of likely N-dealkylation sites (N-methyl/N-ethyl adjacent to an activating group) is 1. The van der Waals surface area contributed by atoms with Crippen molar-refractivity contribution in [2.75, 3.05) is 27.5 Å². The van der Waals surface area contributed by atoms with E-state index in [1.165, 1.54) is 5.56 Å². The fourth-order valence-electron chi connectivity index (χ4n) is 3.69. The highest BCUT2D eigenvalue weighted by molar-refractivity contribution is 5.63. The van der Waals surface area contributed by atoms with Gasteiger partial charge in [0.25, 0.3) is 0 Å². The Kier molecular flexibility index (Phi) is 4.86. The van der Waals surface area contributed by atoms with E-state index in [2.05, 4.69) is 30.6 Å². The number of nitrogens with zero attached hydrogens (tertiary/aromatic N) is 1. The van der Waals surface area contributed by atoms with Crippen LogP contribution in [0.1, 0.15) is 44.4 Å². The van der Waals surface area contributed by atoms with Crippen LogP contribution in [0.25, 0.3) is 0 Å². The third kappa shape index (κ3) is 3.56. The Bertz CT molecular complexity index is 715. The van der Waals surface area contributed by atoms with Crippen LogP contribution in [0.4, 0.5) is 0 Å². The molecule has 136 valence electrons. The van der Waals surface area contributed by atoms with Crippen molar-refractivity contribution in [2.24, 2.45) is 5.92 Å². The van der Waals surface area contributed by atoms with Gasteiger partial charge < -0.3 is 19.3 Å². The lowest BCUT2D eigenvalue weighted by Gasteiger charge is -2.33. The Labute approximate surface area is 149 Å². The Morgan fingerprint density at radius 2 is 2.20 bits per heavy atom. The Balaban J connectivity index is 2.03. The van der Waals surface area contributed by atoms with E-state index in [1.54, 1.807) is 14.0 Å². The number of aliphatic hydroxyl groups is 1. The molecule has 2 unspecified atom stereocenters. The van der Waals surface area contributed by atoms with Gasteiger partial charge in [0.1, 0.15) is 11.6 Å². The summed E-state index contributed by atoms with van der Waals surface area (Å²) in [6.07, 6.45) is 1.54. The zero-order valence-corrected chi connectivity index (χ0v) is 15.7. The second-order valence-electron chi connectivity index (χ2n) is 7.49. The van der Waals surface area contributed by atoms with Gasteiger partial charge in [0, 0.05) is 12.1 Å². The Hall–Kier alpha value is -1.90. The molecule has 3 rings (SSSR count). The summed E-state index contributed by atoms with van der Waals surface area (Å²) in [6.45, 7) is 7.05. The second-order valence-corrected chi connectivity index (χ2v) is 7.49. The molecule has 0 radical (unpaired) electrons. The van der Waals surface area contributed by atoms with E-state index in [0.717, 1.165) is 24.3 Å². The topological polar surface area (TPSA) is 51.2 Å². The van der Waals surface area contributed by atoms with Crippen LogP contribution in [-0.2, 0) is 6.42 Å². The van der Waals surface area contributed by atoms with Gasteiger partial charge in [0.15, 0.2) is 11.5 Å². The molecule has 2 atom stereocenters. The highest BCUT2D eigenvalue weighted by atomic mass is 16.7. The first kappa shape index (κ1) is 17.9. The highest BCUT2D eigenvalue weighted by Crippen LogP contribution is 2.49. The molecule has 0 amide bonds. The van der Waals surface area contributed by atoms with Gasteiger partial charge >= 0.3 is 0 Å². The van der Waals surface area contributed by atoms with Crippen molar-refractivity contribution in [1.82, 2.24) is 4.90 Å². The van der Waals surface area contributed by atoms with E-state index in [0.29, 0.717) is 23.8 Å². The molecule has 0 spiro atoms. The maximum absolute atomic E-state index is 10.6. The summed E-state index contributed by atoms with van der Waals surface area (Å²) < 4.78 is 16.8. The van der Waals surface area contributed by atoms with Crippen LogP contribution in [-0.4, -0.2) is 43.1 Å². The maximum Gasteiger partial charge on any atom is 0.231 e. The lowest BCUT2D eigenvalue weighted by atomic mass is 9.89. The number of fused-ring (bicyclic) bond motifs is 2. The first-order valence-electron chi connectivity index (χ1n) is 8.77. The molecule has 0 aliphatic carbocycles. The van der Waals surface area contributed by atoms with Gasteiger partial charge in [-0.3, -0.25) is 4.90 Å². The fraction of sp³-hybridized carbons (Fsp3) is 0.600. The molecule has 25 heavy (non-hydrogen) atoms. The summed E-state index contributed by atoms with van der Waals surface area (Å²) >= 11 is 0. The van der Waals surface area contributed by atoms with Gasteiger partial charge in [0.2, 0.25) is 12.5 Å². The van der Waals surface area contributed by atoms with Crippen molar-refractivity contribution < 1.29 is 19.3 Å². The van der Waals surface area contributed by atoms with Crippen molar-refractivity contribution in [1.29, 1.82) is 0 Å². The molecular formula is C20H27NO4. The van der Waals surface area contributed by atoms with Gasteiger partial charge in [-0.05, 0) is 44.4 Å². The summed E-state index contributed by atoms with van der Waals surface area (Å²) in [6, 6.07) is 1.89. The molecule has 0 bridgehead atoms. The number of rotatable bonds is 3. The molecule has 2 aliphatic rings. The fourth-order valence-corrected chi connectivity index (χ4v) is 3.69. The van der Waals surface area contributed by atoms with Crippen LogP contribution in [0.5, 0.6) is 17.2 Å². The van der Waals surface area contributed by atoms with Crippen LogP contribution in [0.2, 0.25) is 0 Å². The van der Waals surface area contributed by atoms with Crippen LogP contribution in [0.15, 0.2) is 6.07 Å². The highest BCUT2D eigenvalue weighted by Gasteiger charge is 2.33. The number of ether oxygens (including phenoxy) is 3. The zero-order valence-electron chi connectivity index (χ0n) is 15.7. The van der Waals surface area contributed by atoms with Crippen molar-refractivity contribution in [3.05, 3.63) is 17.2 Å². The Morgan fingerprint density at radius 1 is 1.44 bits per heavy atom. The minimum atomic E-state index is -1.00. The monoisotopic (exact) mass is 345 g/mol. The van der Waals surface area contributed by atoms with Crippen LogP contribution >= 0.6 is 0 Å². The molecule has 0 fully saturated rings. The van der Waals surface area contributed by atoms with Crippen molar-refractivity contribution >= 4 is 0 Å². The molecule has 5 heteroatoms. The zero-order chi connectivity index (χ0) is 18.2. The molecule has 2 aliphatic heterocycles. The molecule has 0 saturated carbocycles. The third-order valence-electron chi connectivity index (χ3n) is 4.68. The number of benzene rings is 1. The largest absolute Gasteiger partial charge is 0.492 e. The second kappa shape index (κ2) is 6.78. The van der Waals surface area contributed by atoms with E-state index in [4.69, 9.17) is 14.2 Å². The molecule has 0 aromatic heterocycles. The van der Waals surface area contributed by atoms with Gasteiger partial charge in [-0.1, -0.05) is 25.7 Å². The smallest absolute Gasteiger partial charge is 0.231 e. The summed E-state index contributed by atoms with van der Waals surface area (Å²) in [5.74, 6) is 8.83. The molecule has 1 aromatic rings. The molecule has 0 saturated heterocycles. The van der Waals surface area contributed by atoms with Crippen molar-refractivity contribution in [2.45, 2.75) is 45.3 Å². The predicted molar refractivity (Wildman–Crippen MR) is 96.0 cm³/mol. The predicted octanol–water partition coefficient (Wildman–Crippen LogP) is 2.75. The average Bonchev–Trinajstić information content (AvgIpc) is 2.98. The summed E-state index contributed by atoms with van der Waals surface area (Å²) in [4.78, 5) is 2.19. The van der Waals surface area contributed by atoms with Crippen LogP contribution in [0.3, 0.4) is 0 Å². The summed E-state index contributed by atoms with van der Waals surface area (Å²) in [5.41, 5.74) is 1.19. The molecule has 2 heterocycles. The van der Waals surface area contributed by atoms with E-state index >= 15 is 0 Å². The van der Waals surface area contributed by atoms with E-state index in [1.807, 2.05) is 13.1 Å². The number of methoxy groups -OCH3 is 1. The van der Waals surface area contributed by atoms with Gasteiger partial charge in [0.05, 0.1) is 7.11 Å². The quantitative estimate of drug-likeness (QED) is 0.854. The van der Waals surface area contributed by atoms with Crippen LogP contribution in [0, 0.1) is 17.8 Å². The minimum Gasteiger partial charge on any atom is -0.492 e. The third-order valence-corrected chi connectivity index (χ3v) is 4.68. The van der Waals surface area contributed by atoms with Crippen LogP contribution < -0.4 is 14.2 Å². The Morgan fingerprint density at radius 3 is 2.88 bits per heavy atom. The van der Waals surface area contributed by atoms with E-state index in [-0.39, 0.29) is 12.8 Å². The lowest BCUT2D eigenvalue weighted by molar-refractivity contribution is 0.0971. The number of hydrogen-bond acceptors (Lipinski definition) is 5. The van der Waals surface area contributed by atoms with Crippen molar-refractivity contribution in [3.63, 3.8) is 0 Å².